The molecule has 0 aromatic heterocycles. The van der Waals surface area contributed by atoms with Crippen molar-refractivity contribution >= 4 is 11.6 Å². The largest absolute Gasteiger partial charge is 0.310 e. The van der Waals surface area contributed by atoms with E-state index in [0.717, 1.165) is 23.4 Å². The zero-order chi connectivity index (χ0) is 13.7. The number of hydrogen-bond donors (Lipinski definition) is 1. The van der Waals surface area contributed by atoms with Crippen LogP contribution in [0.4, 0.5) is 0 Å². The van der Waals surface area contributed by atoms with Crippen molar-refractivity contribution in [2.24, 2.45) is 11.8 Å². The Hall–Kier alpha value is -0.530. The summed E-state index contributed by atoms with van der Waals surface area (Å²) in [5.41, 5.74) is 1.33. The summed E-state index contributed by atoms with van der Waals surface area (Å²) in [6.07, 6.45) is 7.02. The highest BCUT2D eigenvalue weighted by Crippen LogP contribution is 2.30. The minimum atomic E-state index is 0.418. The molecule has 2 heteroatoms. The molecule has 1 saturated carbocycles. The predicted octanol–water partition coefficient (Wildman–Crippen LogP) is 5.21. The molecule has 0 aliphatic heterocycles. The van der Waals surface area contributed by atoms with Crippen molar-refractivity contribution in [3.05, 3.63) is 34.9 Å². The molecule has 1 N–H and O–H groups in total. The van der Waals surface area contributed by atoms with Gasteiger partial charge in [0.05, 0.1) is 0 Å². The van der Waals surface area contributed by atoms with Crippen LogP contribution in [0.1, 0.15) is 57.6 Å². The van der Waals surface area contributed by atoms with Crippen LogP contribution in [-0.4, -0.2) is 6.54 Å². The van der Waals surface area contributed by atoms with Crippen LogP contribution in [0, 0.1) is 11.8 Å². The lowest BCUT2D eigenvalue weighted by Crippen LogP contribution is -2.28. The molecule has 1 nitrogen and oxygen atoms in total. The van der Waals surface area contributed by atoms with E-state index in [4.69, 9.17) is 11.6 Å². The second-order valence-corrected chi connectivity index (χ2v) is 6.41. The van der Waals surface area contributed by atoms with E-state index < -0.39 is 0 Å². The fraction of sp³-hybridized carbons (Fsp3) is 0.647. The summed E-state index contributed by atoms with van der Waals surface area (Å²) >= 11 is 5.92. The molecule has 1 aliphatic carbocycles. The zero-order valence-electron chi connectivity index (χ0n) is 12.2. The van der Waals surface area contributed by atoms with Crippen LogP contribution in [0.3, 0.4) is 0 Å². The van der Waals surface area contributed by atoms with E-state index in [1.807, 2.05) is 12.1 Å². The van der Waals surface area contributed by atoms with Crippen molar-refractivity contribution in [2.45, 2.75) is 52.0 Å². The van der Waals surface area contributed by atoms with Crippen LogP contribution < -0.4 is 5.32 Å². The van der Waals surface area contributed by atoms with E-state index in [1.54, 1.807) is 0 Å². The first-order valence-electron chi connectivity index (χ1n) is 7.68. The summed E-state index contributed by atoms with van der Waals surface area (Å²) in [5.74, 6) is 1.86. The van der Waals surface area contributed by atoms with Crippen LogP contribution >= 0.6 is 11.6 Å². The summed E-state index contributed by atoms with van der Waals surface area (Å²) in [6.45, 7) is 5.72. The number of rotatable bonds is 5. The molecule has 1 unspecified atom stereocenters. The first-order valence-corrected chi connectivity index (χ1v) is 8.05. The van der Waals surface area contributed by atoms with Gasteiger partial charge in [-0.15, -0.1) is 0 Å². The van der Waals surface area contributed by atoms with Crippen molar-refractivity contribution in [2.75, 3.05) is 6.54 Å². The third-order valence-corrected chi connectivity index (χ3v) is 4.88. The highest BCUT2D eigenvalue weighted by Gasteiger charge is 2.20. The van der Waals surface area contributed by atoms with Gasteiger partial charge in [0.1, 0.15) is 0 Å². The molecule has 106 valence electrons. The van der Waals surface area contributed by atoms with E-state index in [-0.39, 0.29) is 0 Å². The van der Waals surface area contributed by atoms with Gasteiger partial charge in [0.15, 0.2) is 0 Å². The lowest BCUT2D eigenvalue weighted by atomic mass is 9.81. The summed E-state index contributed by atoms with van der Waals surface area (Å²) in [4.78, 5) is 0. The van der Waals surface area contributed by atoms with Gasteiger partial charge >= 0.3 is 0 Å². The molecule has 0 radical (unpaired) electrons. The number of halogens is 1. The lowest BCUT2D eigenvalue weighted by Gasteiger charge is -2.29. The first-order chi connectivity index (χ1) is 9.19. The molecule has 0 bridgehead atoms. The summed E-state index contributed by atoms with van der Waals surface area (Å²) < 4.78 is 0. The van der Waals surface area contributed by atoms with Crippen LogP contribution in [-0.2, 0) is 0 Å². The van der Waals surface area contributed by atoms with Gasteiger partial charge in [0, 0.05) is 11.1 Å². The van der Waals surface area contributed by atoms with Crippen LogP contribution in [0.2, 0.25) is 5.02 Å². The summed E-state index contributed by atoms with van der Waals surface area (Å²) in [6, 6.07) is 8.60. The number of benzene rings is 1. The van der Waals surface area contributed by atoms with Gasteiger partial charge in [0.25, 0.3) is 0 Å². The van der Waals surface area contributed by atoms with E-state index in [1.165, 1.54) is 37.7 Å². The molecule has 0 heterocycles. The second kappa shape index (κ2) is 7.31. The maximum atomic E-state index is 5.92. The maximum absolute atomic E-state index is 5.92. The third-order valence-electron chi connectivity index (χ3n) is 4.63. The molecular formula is C17H26ClN. The first kappa shape index (κ1) is 14.9. The Balaban J connectivity index is 1.75. The molecule has 1 aromatic carbocycles. The van der Waals surface area contributed by atoms with Gasteiger partial charge in [-0.25, -0.2) is 0 Å². The Labute approximate surface area is 122 Å². The van der Waals surface area contributed by atoms with Gasteiger partial charge in [0.2, 0.25) is 0 Å². The predicted molar refractivity (Wildman–Crippen MR) is 83.6 cm³/mol. The quantitative estimate of drug-likeness (QED) is 0.780. The highest BCUT2D eigenvalue weighted by atomic mass is 35.5. The van der Waals surface area contributed by atoms with Crippen LogP contribution in [0.25, 0.3) is 0 Å². The molecule has 0 saturated heterocycles. The second-order valence-electron chi connectivity index (χ2n) is 5.98. The molecule has 1 atom stereocenters. The Morgan fingerprint density at radius 1 is 1.11 bits per heavy atom. The Morgan fingerprint density at radius 3 is 2.26 bits per heavy atom. The fourth-order valence-electron chi connectivity index (χ4n) is 3.06. The zero-order valence-corrected chi connectivity index (χ0v) is 12.9. The summed E-state index contributed by atoms with van der Waals surface area (Å²) in [5, 5.41) is 4.49. The molecule has 19 heavy (non-hydrogen) atoms. The molecule has 2 rings (SSSR count). The Morgan fingerprint density at radius 2 is 1.68 bits per heavy atom. The van der Waals surface area contributed by atoms with E-state index >= 15 is 0 Å². The molecule has 1 fully saturated rings. The topological polar surface area (TPSA) is 12.0 Å². The average Bonchev–Trinajstić information content (AvgIpc) is 2.46. The highest BCUT2D eigenvalue weighted by molar-refractivity contribution is 6.30. The fourth-order valence-corrected chi connectivity index (χ4v) is 3.18. The Bertz CT molecular complexity index is 365. The lowest BCUT2D eigenvalue weighted by molar-refractivity contribution is 0.258. The minimum Gasteiger partial charge on any atom is -0.310 e. The number of nitrogens with one attached hydrogen (secondary N) is 1. The molecule has 0 amide bonds. The van der Waals surface area contributed by atoms with Gasteiger partial charge in [-0.2, -0.15) is 0 Å². The molecular weight excluding hydrogens is 254 g/mol. The van der Waals surface area contributed by atoms with E-state index in [0.29, 0.717) is 6.04 Å². The van der Waals surface area contributed by atoms with Crippen molar-refractivity contribution in [1.82, 2.24) is 5.32 Å². The summed E-state index contributed by atoms with van der Waals surface area (Å²) in [7, 11) is 0. The minimum absolute atomic E-state index is 0.418. The van der Waals surface area contributed by atoms with Crippen molar-refractivity contribution in [3.8, 4) is 0 Å². The normalized spacial score (nSPS) is 25.2. The Kier molecular flexibility index (Phi) is 5.72. The van der Waals surface area contributed by atoms with E-state index in [2.05, 4.69) is 31.3 Å². The number of hydrogen-bond acceptors (Lipinski definition) is 1. The van der Waals surface area contributed by atoms with Crippen molar-refractivity contribution < 1.29 is 0 Å². The molecule has 0 spiro atoms. The molecule has 1 aromatic rings. The van der Waals surface area contributed by atoms with Crippen LogP contribution in [0.5, 0.6) is 0 Å². The van der Waals surface area contributed by atoms with E-state index in [9.17, 15) is 0 Å². The van der Waals surface area contributed by atoms with Gasteiger partial charge in [-0.1, -0.05) is 49.9 Å². The third kappa shape index (κ3) is 4.50. The van der Waals surface area contributed by atoms with Crippen molar-refractivity contribution in [1.29, 1.82) is 0 Å². The van der Waals surface area contributed by atoms with Gasteiger partial charge < -0.3 is 5.32 Å². The monoisotopic (exact) mass is 279 g/mol. The standard InChI is InChI=1S/C17H26ClN/c1-3-14-4-6-15(7-5-14)12-19-13(2)16-8-10-17(18)11-9-16/h8-11,13-15,19H,3-7,12H2,1-2H3. The maximum Gasteiger partial charge on any atom is 0.0406 e. The SMILES string of the molecule is CCC1CCC(CNC(C)c2ccc(Cl)cc2)CC1. The van der Waals surface area contributed by atoms with Crippen molar-refractivity contribution in [3.63, 3.8) is 0 Å². The van der Waals surface area contributed by atoms with Crippen LogP contribution in [0.15, 0.2) is 24.3 Å². The smallest absolute Gasteiger partial charge is 0.0406 e. The van der Waals surface area contributed by atoms with Gasteiger partial charge in [-0.05, 0) is 55.8 Å². The van der Waals surface area contributed by atoms with Gasteiger partial charge in [-0.3, -0.25) is 0 Å². The average molecular weight is 280 g/mol. The molecule has 1 aliphatic rings.